The van der Waals surface area contributed by atoms with E-state index >= 15 is 0 Å². The van der Waals surface area contributed by atoms with Crippen LogP contribution in [0, 0.1) is 11.8 Å². The van der Waals surface area contributed by atoms with Gasteiger partial charge in [0, 0.05) is 38.2 Å². The Bertz CT molecular complexity index is 645. The Kier molecular flexibility index (Phi) is 4.60. The average molecular weight is 313 g/mol. The minimum absolute atomic E-state index is 0.0147. The molecule has 1 aliphatic rings. The van der Waals surface area contributed by atoms with Crippen molar-refractivity contribution < 1.29 is 4.79 Å². The number of piperidine rings is 1. The number of nitrogens with zero attached hydrogens (tertiary/aromatic N) is 4. The molecule has 3 heterocycles. The predicted octanol–water partition coefficient (Wildman–Crippen LogP) is 2.45. The summed E-state index contributed by atoms with van der Waals surface area (Å²) in [5.74, 6) is 1.88. The van der Waals surface area contributed by atoms with Crippen LogP contribution in [0.2, 0.25) is 0 Å². The van der Waals surface area contributed by atoms with Crippen molar-refractivity contribution in [3.05, 3.63) is 42.4 Å². The van der Waals surface area contributed by atoms with Gasteiger partial charge in [-0.1, -0.05) is 13.8 Å². The Labute approximate surface area is 136 Å². The average Bonchev–Trinajstić information content (AvgIpc) is 3.06. The van der Waals surface area contributed by atoms with Crippen LogP contribution >= 0.6 is 0 Å². The molecule has 2 atom stereocenters. The Morgan fingerprint density at radius 1 is 1.30 bits per heavy atom. The third kappa shape index (κ3) is 3.88. The normalized spacial score (nSPS) is 21.2. The number of hydrogen-bond donors (Lipinski definition) is 1. The summed E-state index contributed by atoms with van der Waals surface area (Å²) >= 11 is 0. The van der Waals surface area contributed by atoms with Gasteiger partial charge in [-0.15, -0.1) is 0 Å². The Morgan fingerprint density at radius 2 is 2.09 bits per heavy atom. The predicted molar refractivity (Wildman–Crippen MR) is 88.1 cm³/mol. The van der Waals surface area contributed by atoms with Crippen molar-refractivity contribution in [1.29, 1.82) is 0 Å². The lowest BCUT2D eigenvalue weighted by molar-refractivity contribution is 0.146. The number of carbonyl (C=O) groups excluding carboxylic acids is 1. The van der Waals surface area contributed by atoms with E-state index in [9.17, 15) is 4.79 Å². The summed E-state index contributed by atoms with van der Waals surface area (Å²) in [6, 6.07) is 5.72. The topological polar surface area (TPSA) is 63.1 Å². The second-order valence-corrected chi connectivity index (χ2v) is 6.48. The molecule has 1 N–H and O–H groups in total. The van der Waals surface area contributed by atoms with Gasteiger partial charge < -0.3 is 10.2 Å². The van der Waals surface area contributed by atoms with Crippen molar-refractivity contribution in [1.82, 2.24) is 25.0 Å². The van der Waals surface area contributed by atoms with Gasteiger partial charge in [0.25, 0.3) is 0 Å². The van der Waals surface area contributed by atoms with Crippen LogP contribution < -0.4 is 5.32 Å². The number of nitrogens with one attached hydrogen (secondary N) is 1. The van der Waals surface area contributed by atoms with Crippen molar-refractivity contribution in [2.24, 2.45) is 11.8 Å². The molecule has 122 valence electrons. The lowest BCUT2D eigenvalue weighted by Gasteiger charge is -2.34. The summed E-state index contributed by atoms with van der Waals surface area (Å²) in [7, 11) is 0. The lowest BCUT2D eigenvalue weighted by Crippen LogP contribution is -2.47. The molecule has 0 aromatic carbocycles. The molecule has 1 fully saturated rings. The number of urea groups is 1. The third-order valence-corrected chi connectivity index (χ3v) is 4.15. The molecule has 1 aliphatic heterocycles. The molecule has 2 unspecified atom stereocenters. The molecule has 0 aliphatic carbocycles. The first-order chi connectivity index (χ1) is 11.1. The molecule has 23 heavy (non-hydrogen) atoms. The molecule has 0 saturated carbocycles. The molecule has 6 nitrogen and oxygen atoms in total. The van der Waals surface area contributed by atoms with E-state index in [0.717, 1.165) is 24.5 Å². The van der Waals surface area contributed by atoms with Gasteiger partial charge in [-0.2, -0.15) is 5.10 Å². The molecular weight excluding hydrogens is 290 g/mol. The molecule has 0 spiro atoms. The molecule has 3 rings (SSSR count). The monoisotopic (exact) mass is 313 g/mol. The number of likely N-dealkylation sites (tertiary alicyclic amines) is 1. The summed E-state index contributed by atoms with van der Waals surface area (Å²) in [6.45, 7) is 6.58. The van der Waals surface area contributed by atoms with E-state index in [1.165, 1.54) is 6.42 Å². The highest BCUT2D eigenvalue weighted by atomic mass is 16.2. The summed E-state index contributed by atoms with van der Waals surface area (Å²) < 4.78 is 1.71. The van der Waals surface area contributed by atoms with Crippen molar-refractivity contribution in [2.45, 2.75) is 26.8 Å². The maximum Gasteiger partial charge on any atom is 0.317 e. The SMILES string of the molecule is CC1CC(C)CN(C(=O)NCc2ccnc(-n3cccn3)c2)C1. The number of aromatic nitrogens is 3. The number of hydrogen-bond acceptors (Lipinski definition) is 3. The largest absolute Gasteiger partial charge is 0.334 e. The summed E-state index contributed by atoms with van der Waals surface area (Å²) in [5, 5.41) is 7.18. The molecule has 2 aromatic rings. The lowest BCUT2D eigenvalue weighted by atomic mass is 9.92. The minimum Gasteiger partial charge on any atom is -0.334 e. The quantitative estimate of drug-likeness (QED) is 0.947. The van der Waals surface area contributed by atoms with Crippen LogP contribution in [0.15, 0.2) is 36.8 Å². The van der Waals surface area contributed by atoms with Gasteiger partial charge in [0.15, 0.2) is 5.82 Å². The number of rotatable bonds is 3. The molecule has 2 aromatic heterocycles. The van der Waals surface area contributed by atoms with E-state index in [1.807, 2.05) is 29.3 Å². The Balaban J connectivity index is 1.60. The van der Waals surface area contributed by atoms with Gasteiger partial charge in [0.05, 0.1) is 0 Å². The van der Waals surface area contributed by atoms with E-state index in [1.54, 1.807) is 17.1 Å². The van der Waals surface area contributed by atoms with E-state index in [0.29, 0.717) is 18.4 Å². The molecule has 0 radical (unpaired) electrons. The highest BCUT2D eigenvalue weighted by Gasteiger charge is 2.25. The smallest absolute Gasteiger partial charge is 0.317 e. The summed E-state index contributed by atoms with van der Waals surface area (Å²) in [5.41, 5.74) is 1.01. The van der Waals surface area contributed by atoms with Gasteiger partial charge in [-0.25, -0.2) is 14.5 Å². The van der Waals surface area contributed by atoms with Crippen LogP contribution in [0.3, 0.4) is 0 Å². The van der Waals surface area contributed by atoms with Crippen molar-refractivity contribution >= 4 is 6.03 Å². The van der Waals surface area contributed by atoms with Crippen molar-refractivity contribution in [3.63, 3.8) is 0 Å². The molecule has 6 heteroatoms. The highest BCUT2D eigenvalue weighted by Crippen LogP contribution is 2.20. The minimum atomic E-state index is 0.0147. The zero-order chi connectivity index (χ0) is 16.2. The number of pyridine rings is 1. The Morgan fingerprint density at radius 3 is 2.78 bits per heavy atom. The van der Waals surface area contributed by atoms with Crippen molar-refractivity contribution in [3.8, 4) is 5.82 Å². The fourth-order valence-corrected chi connectivity index (χ4v) is 3.22. The first-order valence-electron chi connectivity index (χ1n) is 8.09. The summed E-state index contributed by atoms with van der Waals surface area (Å²) in [6.07, 6.45) is 6.50. The van der Waals surface area contributed by atoms with Crippen LogP contribution in [0.1, 0.15) is 25.8 Å². The van der Waals surface area contributed by atoms with E-state index in [4.69, 9.17) is 0 Å². The van der Waals surface area contributed by atoms with Crippen molar-refractivity contribution in [2.75, 3.05) is 13.1 Å². The number of carbonyl (C=O) groups is 1. The number of amides is 2. The second kappa shape index (κ2) is 6.81. The fourth-order valence-electron chi connectivity index (χ4n) is 3.22. The third-order valence-electron chi connectivity index (χ3n) is 4.15. The fraction of sp³-hybridized carbons (Fsp3) is 0.471. The maximum absolute atomic E-state index is 12.4. The highest BCUT2D eigenvalue weighted by molar-refractivity contribution is 5.74. The van der Waals surface area contributed by atoms with Crippen LogP contribution in [-0.4, -0.2) is 38.8 Å². The van der Waals surface area contributed by atoms with Crippen LogP contribution in [0.5, 0.6) is 0 Å². The van der Waals surface area contributed by atoms with Gasteiger partial charge in [-0.3, -0.25) is 0 Å². The van der Waals surface area contributed by atoms with E-state index < -0.39 is 0 Å². The molecule has 1 saturated heterocycles. The Hall–Kier alpha value is -2.37. The molecule has 0 bridgehead atoms. The molecule has 2 amide bonds. The zero-order valence-corrected chi connectivity index (χ0v) is 13.6. The van der Waals surface area contributed by atoms with Crippen LogP contribution in [0.4, 0.5) is 4.79 Å². The van der Waals surface area contributed by atoms with Gasteiger partial charge in [-0.05, 0) is 42.0 Å². The van der Waals surface area contributed by atoms with Gasteiger partial charge in [0.1, 0.15) is 0 Å². The van der Waals surface area contributed by atoms with E-state index in [2.05, 4.69) is 29.2 Å². The zero-order valence-electron chi connectivity index (χ0n) is 13.6. The van der Waals surface area contributed by atoms with Crippen LogP contribution in [-0.2, 0) is 6.54 Å². The first kappa shape index (κ1) is 15.5. The standard InChI is InChI=1S/C17H23N5O/c1-13-8-14(2)12-21(11-13)17(23)19-10-15-4-6-18-16(9-15)22-7-3-5-20-22/h3-7,9,13-14H,8,10-12H2,1-2H3,(H,19,23). The second-order valence-electron chi connectivity index (χ2n) is 6.48. The van der Waals surface area contributed by atoms with E-state index in [-0.39, 0.29) is 6.03 Å². The molecular formula is C17H23N5O. The first-order valence-corrected chi connectivity index (χ1v) is 8.09. The van der Waals surface area contributed by atoms with Crippen LogP contribution in [0.25, 0.3) is 5.82 Å². The van der Waals surface area contributed by atoms with Gasteiger partial charge >= 0.3 is 6.03 Å². The van der Waals surface area contributed by atoms with Gasteiger partial charge in [0.2, 0.25) is 0 Å². The summed E-state index contributed by atoms with van der Waals surface area (Å²) in [4.78, 5) is 18.6. The maximum atomic E-state index is 12.4.